The number of nitrogens with zero attached hydrogens (tertiary/aromatic N) is 3. The van der Waals surface area contributed by atoms with Gasteiger partial charge in [0.1, 0.15) is 0 Å². The van der Waals surface area contributed by atoms with Crippen molar-refractivity contribution in [3.63, 3.8) is 0 Å². The van der Waals surface area contributed by atoms with Gasteiger partial charge in [0.05, 0.1) is 5.69 Å². The van der Waals surface area contributed by atoms with E-state index >= 15 is 0 Å². The Labute approximate surface area is 169 Å². The Kier molecular flexibility index (Phi) is 4.89. The lowest BCUT2D eigenvalue weighted by Crippen LogP contribution is -2.46. The smallest absolute Gasteiger partial charge is 0.253 e. The molecule has 3 aromatic rings. The van der Waals surface area contributed by atoms with Crippen LogP contribution in [-0.4, -0.2) is 33.9 Å². The Morgan fingerprint density at radius 3 is 2.29 bits per heavy atom. The third-order valence-electron chi connectivity index (χ3n) is 5.57. The molecule has 1 amide bonds. The van der Waals surface area contributed by atoms with Crippen LogP contribution in [0.1, 0.15) is 45.8 Å². The number of nitrogens with two attached hydrogens (primary N) is 1. The Morgan fingerprint density at radius 2 is 1.71 bits per heavy atom. The molecule has 0 atom stereocenters. The predicted molar refractivity (Wildman–Crippen MR) is 113 cm³/mol. The third-order valence-corrected chi connectivity index (χ3v) is 6.25. The fourth-order valence-electron chi connectivity index (χ4n) is 4.19. The normalized spacial score (nSPS) is 16.1. The number of anilines is 1. The van der Waals surface area contributed by atoms with Gasteiger partial charge < -0.3 is 10.6 Å². The van der Waals surface area contributed by atoms with Crippen molar-refractivity contribution in [2.75, 3.05) is 18.8 Å². The van der Waals surface area contributed by atoms with Crippen molar-refractivity contribution in [1.29, 1.82) is 0 Å². The maximum atomic E-state index is 13.1. The first-order valence-corrected chi connectivity index (χ1v) is 10.4. The Bertz CT molecular complexity index is 971. The number of likely N-dealkylation sites (tertiary alicyclic amines) is 1. The molecule has 1 aliphatic heterocycles. The lowest BCUT2D eigenvalue weighted by molar-refractivity contribution is 0.0684. The van der Waals surface area contributed by atoms with Gasteiger partial charge in [-0.25, -0.2) is 4.98 Å². The summed E-state index contributed by atoms with van der Waals surface area (Å²) < 4.78 is 0. The van der Waals surface area contributed by atoms with Gasteiger partial charge in [0.2, 0.25) is 0 Å². The van der Waals surface area contributed by atoms with Crippen LogP contribution in [0.25, 0.3) is 0 Å². The molecule has 144 valence electrons. The first-order chi connectivity index (χ1) is 13.5. The molecule has 5 nitrogen and oxygen atoms in total. The number of amides is 1. The minimum absolute atomic E-state index is 0.0769. The molecule has 0 spiro atoms. The molecule has 0 radical (unpaired) electrons. The zero-order chi connectivity index (χ0) is 19.7. The largest absolute Gasteiger partial charge is 0.375 e. The van der Waals surface area contributed by atoms with E-state index in [4.69, 9.17) is 5.73 Å². The SMILES string of the molecule is Cc1cc(C(=O)N2CCC(c3ccccc3)(c3csc(N)n3)CC2)cc(C)n1. The van der Waals surface area contributed by atoms with Crippen molar-refractivity contribution in [2.45, 2.75) is 32.1 Å². The zero-order valence-corrected chi connectivity index (χ0v) is 17.0. The van der Waals surface area contributed by atoms with Crippen LogP contribution < -0.4 is 5.73 Å². The van der Waals surface area contributed by atoms with Gasteiger partial charge in [-0.15, -0.1) is 11.3 Å². The number of hydrogen-bond donors (Lipinski definition) is 1. The van der Waals surface area contributed by atoms with Crippen LogP contribution in [0.5, 0.6) is 0 Å². The van der Waals surface area contributed by atoms with E-state index in [2.05, 4.69) is 39.6 Å². The summed E-state index contributed by atoms with van der Waals surface area (Å²) in [7, 11) is 0. The summed E-state index contributed by atoms with van der Waals surface area (Å²) in [5.41, 5.74) is 10.5. The van der Waals surface area contributed by atoms with E-state index in [0.29, 0.717) is 18.2 Å². The minimum atomic E-state index is -0.198. The second kappa shape index (κ2) is 7.36. The quantitative estimate of drug-likeness (QED) is 0.732. The molecule has 1 aliphatic rings. The number of nitrogen functional groups attached to an aromatic ring is 1. The summed E-state index contributed by atoms with van der Waals surface area (Å²) in [6.45, 7) is 5.22. The highest BCUT2D eigenvalue weighted by Gasteiger charge is 2.40. The van der Waals surface area contributed by atoms with E-state index in [-0.39, 0.29) is 11.3 Å². The zero-order valence-electron chi connectivity index (χ0n) is 16.2. The van der Waals surface area contributed by atoms with E-state index in [0.717, 1.165) is 35.5 Å². The van der Waals surface area contributed by atoms with Crippen LogP contribution in [0.4, 0.5) is 5.13 Å². The molecule has 2 aromatic heterocycles. The fraction of sp³-hybridized carbons (Fsp3) is 0.318. The van der Waals surface area contributed by atoms with Gasteiger partial charge in [0, 0.05) is 40.8 Å². The third kappa shape index (κ3) is 3.40. The van der Waals surface area contributed by atoms with Gasteiger partial charge in [-0.1, -0.05) is 30.3 Å². The van der Waals surface area contributed by atoms with E-state index < -0.39 is 0 Å². The van der Waals surface area contributed by atoms with Crippen molar-refractivity contribution in [3.05, 3.63) is 76.1 Å². The molecule has 3 heterocycles. The second-order valence-corrected chi connectivity index (χ2v) is 8.34. The number of aryl methyl sites for hydroxylation is 2. The van der Waals surface area contributed by atoms with E-state index in [9.17, 15) is 4.79 Å². The molecule has 1 aromatic carbocycles. The summed E-state index contributed by atoms with van der Waals surface area (Å²) in [6.07, 6.45) is 1.66. The highest BCUT2D eigenvalue weighted by molar-refractivity contribution is 7.13. The Hall–Kier alpha value is -2.73. The van der Waals surface area contributed by atoms with Crippen molar-refractivity contribution < 1.29 is 4.79 Å². The van der Waals surface area contributed by atoms with Crippen molar-refractivity contribution in [3.8, 4) is 0 Å². The number of benzene rings is 1. The van der Waals surface area contributed by atoms with Gasteiger partial charge >= 0.3 is 0 Å². The molecule has 6 heteroatoms. The van der Waals surface area contributed by atoms with Crippen molar-refractivity contribution >= 4 is 22.4 Å². The number of piperidine rings is 1. The van der Waals surface area contributed by atoms with Crippen LogP contribution in [0, 0.1) is 13.8 Å². The van der Waals surface area contributed by atoms with Gasteiger partial charge in [-0.2, -0.15) is 0 Å². The molecule has 1 fully saturated rings. The maximum Gasteiger partial charge on any atom is 0.253 e. The predicted octanol–water partition coefficient (Wildman–Crippen LogP) is 3.96. The van der Waals surface area contributed by atoms with Crippen LogP contribution in [0.15, 0.2) is 47.8 Å². The van der Waals surface area contributed by atoms with Gasteiger partial charge in [-0.05, 0) is 44.4 Å². The van der Waals surface area contributed by atoms with Gasteiger partial charge in [0.15, 0.2) is 5.13 Å². The second-order valence-electron chi connectivity index (χ2n) is 7.45. The number of rotatable bonds is 3. The number of hydrogen-bond acceptors (Lipinski definition) is 5. The molecule has 28 heavy (non-hydrogen) atoms. The summed E-state index contributed by atoms with van der Waals surface area (Å²) in [4.78, 5) is 24.0. The van der Waals surface area contributed by atoms with E-state index in [1.165, 1.54) is 16.9 Å². The topological polar surface area (TPSA) is 72.1 Å². The molecule has 2 N–H and O–H groups in total. The Morgan fingerprint density at radius 1 is 1.07 bits per heavy atom. The first kappa shape index (κ1) is 18.6. The molecule has 0 unspecified atom stereocenters. The number of pyridine rings is 1. The molecule has 0 saturated carbocycles. The van der Waals surface area contributed by atoms with E-state index in [1.54, 1.807) is 0 Å². The molecule has 1 saturated heterocycles. The average Bonchev–Trinajstić information content (AvgIpc) is 3.14. The average molecular weight is 393 g/mol. The van der Waals surface area contributed by atoms with Crippen molar-refractivity contribution in [1.82, 2.24) is 14.9 Å². The highest BCUT2D eigenvalue weighted by Crippen LogP contribution is 2.42. The minimum Gasteiger partial charge on any atom is -0.375 e. The van der Waals surface area contributed by atoms with Crippen molar-refractivity contribution in [2.24, 2.45) is 0 Å². The molecular formula is C22H24N4OS. The van der Waals surface area contributed by atoms with Gasteiger partial charge in [-0.3, -0.25) is 9.78 Å². The number of carbonyl (C=O) groups is 1. The molecular weight excluding hydrogens is 368 g/mol. The first-order valence-electron chi connectivity index (χ1n) is 9.49. The number of thiazole rings is 1. The summed E-state index contributed by atoms with van der Waals surface area (Å²) in [5, 5.41) is 2.65. The van der Waals surface area contributed by atoms with E-state index in [1.807, 2.05) is 36.9 Å². The summed E-state index contributed by atoms with van der Waals surface area (Å²) >= 11 is 1.48. The maximum absolute atomic E-state index is 13.1. The molecule has 0 bridgehead atoms. The standard InChI is InChI=1S/C22H24N4OS/c1-15-12-17(13-16(2)24-15)20(27)26-10-8-22(9-11-26,18-6-4-3-5-7-18)19-14-28-21(23)25-19/h3-7,12-14H,8-11H2,1-2H3,(H2,23,25). The summed E-state index contributed by atoms with van der Waals surface area (Å²) in [5.74, 6) is 0.0769. The number of aromatic nitrogens is 2. The molecule has 4 rings (SSSR count). The monoisotopic (exact) mass is 392 g/mol. The summed E-state index contributed by atoms with van der Waals surface area (Å²) in [6, 6.07) is 14.2. The lowest BCUT2D eigenvalue weighted by atomic mass is 9.70. The van der Waals surface area contributed by atoms with Crippen LogP contribution in [-0.2, 0) is 5.41 Å². The molecule has 0 aliphatic carbocycles. The van der Waals surface area contributed by atoms with Crippen LogP contribution in [0.3, 0.4) is 0 Å². The fourth-order valence-corrected chi connectivity index (χ4v) is 4.85. The van der Waals surface area contributed by atoms with Crippen LogP contribution in [0.2, 0.25) is 0 Å². The highest BCUT2D eigenvalue weighted by atomic mass is 32.1. The number of carbonyl (C=O) groups excluding carboxylic acids is 1. The Balaban J connectivity index is 1.61. The van der Waals surface area contributed by atoms with Crippen LogP contribution >= 0.6 is 11.3 Å². The van der Waals surface area contributed by atoms with Gasteiger partial charge in [0.25, 0.3) is 5.91 Å². The lowest BCUT2D eigenvalue weighted by Gasteiger charge is -2.41.